The highest BCUT2D eigenvalue weighted by molar-refractivity contribution is 5.11. The first-order valence-electron chi connectivity index (χ1n) is 3.94. The molecule has 1 aliphatic carbocycles. The SMILES string of the molecule is C1=C2CCCCC2[N]CO1. The van der Waals surface area contributed by atoms with Crippen molar-refractivity contribution in [1.29, 1.82) is 0 Å². The molecule has 55 valence electrons. The van der Waals surface area contributed by atoms with Gasteiger partial charge in [-0.2, -0.15) is 5.32 Å². The Kier molecular flexibility index (Phi) is 1.63. The summed E-state index contributed by atoms with van der Waals surface area (Å²) in [4.78, 5) is 0. The van der Waals surface area contributed by atoms with Crippen LogP contribution in [-0.4, -0.2) is 12.8 Å². The molecule has 0 aromatic carbocycles. The standard InChI is InChI=1S/C8H12NO/c1-2-4-8-7(3-1)5-10-6-9-8/h5,8H,1-4,6H2. The van der Waals surface area contributed by atoms with Crippen molar-refractivity contribution in [2.24, 2.45) is 0 Å². The van der Waals surface area contributed by atoms with Crippen molar-refractivity contribution in [1.82, 2.24) is 5.32 Å². The highest BCUT2D eigenvalue weighted by atomic mass is 16.5. The average Bonchev–Trinajstić information content (AvgIpc) is 2.05. The van der Waals surface area contributed by atoms with Crippen LogP contribution in [0.1, 0.15) is 25.7 Å². The van der Waals surface area contributed by atoms with Crippen LogP contribution in [0.15, 0.2) is 11.8 Å². The number of fused-ring (bicyclic) bond motifs is 1. The van der Waals surface area contributed by atoms with E-state index in [-0.39, 0.29) is 0 Å². The fourth-order valence-electron chi connectivity index (χ4n) is 1.64. The Morgan fingerprint density at radius 1 is 1.50 bits per heavy atom. The van der Waals surface area contributed by atoms with Gasteiger partial charge in [-0.25, -0.2) is 0 Å². The second kappa shape index (κ2) is 2.62. The molecule has 1 aliphatic heterocycles. The molecular weight excluding hydrogens is 126 g/mol. The summed E-state index contributed by atoms with van der Waals surface area (Å²) in [6, 6.07) is 0.516. The maximum Gasteiger partial charge on any atom is 0.154 e. The minimum atomic E-state index is 0.516. The van der Waals surface area contributed by atoms with E-state index in [0.29, 0.717) is 12.8 Å². The van der Waals surface area contributed by atoms with Gasteiger partial charge in [0.15, 0.2) is 6.73 Å². The van der Waals surface area contributed by atoms with Crippen LogP contribution in [-0.2, 0) is 4.74 Å². The van der Waals surface area contributed by atoms with Crippen LogP contribution in [0.5, 0.6) is 0 Å². The van der Waals surface area contributed by atoms with Crippen molar-refractivity contribution < 1.29 is 4.74 Å². The first kappa shape index (κ1) is 6.23. The van der Waals surface area contributed by atoms with Crippen LogP contribution in [0.25, 0.3) is 0 Å². The molecule has 1 heterocycles. The molecular formula is C8H12NO. The van der Waals surface area contributed by atoms with Crippen LogP contribution in [0.4, 0.5) is 0 Å². The molecule has 2 aliphatic rings. The third kappa shape index (κ3) is 1.03. The second-order valence-electron chi connectivity index (χ2n) is 2.93. The molecule has 2 rings (SSSR count). The second-order valence-corrected chi connectivity index (χ2v) is 2.93. The van der Waals surface area contributed by atoms with Crippen molar-refractivity contribution >= 4 is 0 Å². The van der Waals surface area contributed by atoms with Crippen LogP contribution in [0.3, 0.4) is 0 Å². The molecule has 1 saturated carbocycles. The highest BCUT2D eigenvalue weighted by Gasteiger charge is 2.21. The van der Waals surface area contributed by atoms with E-state index >= 15 is 0 Å². The van der Waals surface area contributed by atoms with Crippen molar-refractivity contribution in [3.63, 3.8) is 0 Å². The van der Waals surface area contributed by atoms with E-state index in [1.165, 1.54) is 31.3 Å². The average molecular weight is 138 g/mol. The molecule has 0 amide bonds. The molecule has 1 unspecified atom stereocenters. The molecule has 1 radical (unpaired) electrons. The molecule has 0 bridgehead atoms. The Morgan fingerprint density at radius 2 is 2.50 bits per heavy atom. The third-order valence-corrected chi connectivity index (χ3v) is 2.23. The minimum absolute atomic E-state index is 0.516. The summed E-state index contributed by atoms with van der Waals surface area (Å²) < 4.78 is 5.11. The largest absolute Gasteiger partial charge is 0.484 e. The fraction of sp³-hybridized carbons (Fsp3) is 0.750. The summed E-state index contributed by atoms with van der Waals surface area (Å²) in [7, 11) is 0. The molecule has 1 atom stereocenters. The zero-order chi connectivity index (χ0) is 6.81. The van der Waals surface area contributed by atoms with Gasteiger partial charge in [0.1, 0.15) is 0 Å². The quantitative estimate of drug-likeness (QED) is 0.496. The van der Waals surface area contributed by atoms with Gasteiger partial charge < -0.3 is 4.74 Å². The van der Waals surface area contributed by atoms with E-state index in [0.717, 1.165) is 0 Å². The van der Waals surface area contributed by atoms with E-state index in [1.54, 1.807) is 0 Å². The lowest BCUT2D eigenvalue weighted by molar-refractivity contribution is 0.170. The predicted octanol–water partition coefficient (Wildman–Crippen LogP) is 1.41. The molecule has 0 aromatic heterocycles. The topological polar surface area (TPSA) is 23.3 Å². The normalized spacial score (nSPS) is 32.0. The Hall–Kier alpha value is -0.500. The Morgan fingerprint density at radius 3 is 3.40 bits per heavy atom. The van der Waals surface area contributed by atoms with E-state index in [1.807, 2.05) is 6.26 Å². The number of rotatable bonds is 0. The highest BCUT2D eigenvalue weighted by Crippen LogP contribution is 2.25. The van der Waals surface area contributed by atoms with Gasteiger partial charge >= 0.3 is 0 Å². The zero-order valence-corrected chi connectivity index (χ0v) is 6.05. The third-order valence-electron chi connectivity index (χ3n) is 2.23. The van der Waals surface area contributed by atoms with Gasteiger partial charge in [-0.3, -0.25) is 0 Å². The number of hydrogen-bond acceptors (Lipinski definition) is 1. The van der Waals surface area contributed by atoms with Gasteiger partial charge in [0.05, 0.1) is 12.3 Å². The number of hydrogen-bond donors (Lipinski definition) is 0. The molecule has 2 heteroatoms. The van der Waals surface area contributed by atoms with Gasteiger partial charge in [-0.15, -0.1) is 0 Å². The fourth-order valence-corrected chi connectivity index (χ4v) is 1.64. The molecule has 0 aromatic rings. The van der Waals surface area contributed by atoms with Gasteiger partial charge in [0, 0.05) is 0 Å². The first-order chi connectivity index (χ1) is 4.97. The van der Waals surface area contributed by atoms with Gasteiger partial charge in [-0.1, -0.05) is 6.42 Å². The Balaban J connectivity index is 2.08. The van der Waals surface area contributed by atoms with Crippen molar-refractivity contribution in [2.45, 2.75) is 31.7 Å². The summed E-state index contributed by atoms with van der Waals surface area (Å²) in [6.07, 6.45) is 7.02. The summed E-state index contributed by atoms with van der Waals surface area (Å²) in [5, 5.41) is 4.36. The van der Waals surface area contributed by atoms with Crippen molar-refractivity contribution in [2.75, 3.05) is 6.73 Å². The van der Waals surface area contributed by atoms with E-state index in [2.05, 4.69) is 5.32 Å². The lowest BCUT2D eigenvalue weighted by Gasteiger charge is -2.27. The van der Waals surface area contributed by atoms with E-state index in [4.69, 9.17) is 4.74 Å². The summed E-state index contributed by atoms with van der Waals surface area (Å²) in [5.41, 5.74) is 1.41. The molecule has 0 spiro atoms. The van der Waals surface area contributed by atoms with Crippen LogP contribution < -0.4 is 5.32 Å². The van der Waals surface area contributed by atoms with Gasteiger partial charge in [0.2, 0.25) is 0 Å². The lowest BCUT2D eigenvalue weighted by atomic mass is 9.90. The monoisotopic (exact) mass is 138 g/mol. The number of ether oxygens (including phenoxy) is 1. The molecule has 1 fully saturated rings. The van der Waals surface area contributed by atoms with Crippen LogP contribution in [0, 0.1) is 0 Å². The first-order valence-corrected chi connectivity index (χ1v) is 3.94. The smallest absolute Gasteiger partial charge is 0.154 e. The number of nitrogens with zero attached hydrogens (tertiary/aromatic N) is 1. The summed E-state index contributed by atoms with van der Waals surface area (Å²) in [5.74, 6) is 0. The minimum Gasteiger partial charge on any atom is -0.484 e. The zero-order valence-electron chi connectivity index (χ0n) is 6.05. The molecule has 0 N–H and O–H groups in total. The van der Waals surface area contributed by atoms with Crippen molar-refractivity contribution in [3.05, 3.63) is 11.8 Å². The molecule has 2 nitrogen and oxygen atoms in total. The molecule has 0 saturated heterocycles. The maximum absolute atomic E-state index is 5.11. The van der Waals surface area contributed by atoms with Crippen LogP contribution >= 0.6 is 0 Å². The van der Waals surface area contributed by atoms with Gasteiger partial charge in [-0.05, 0) is 24.8 Å². The predicted molar refractivity (Wildman–Crippen MR) is 38.4 cm³/mol. The lowest BCUT2D eigenvalue weighted by Crippen LogP contribution is -2.31. The van der Waals surface area contributed by atoms with Crippen LogP contribution in [0.2, 0.25) is 0 Å². The van der Waals surface area contributed by atoms with E-state index < -0.39 is 0 Å². The molecule has 10 heavy (non-hydrogen) atoms. The Labute approximate surface area is 61.3 Å². The van der Waals surface area contributed by atoms with E-state index in [9.17, 15) is 0 Å². The van der Waals surface area contributed by atoms with Gasteiger partial charge in [0.25, 0.3) is 0 Å². The Bertz CT molecular complexity index is 153. The maximum atomic E-state index is 5.11. The summed E-state index contributed by atoms with van der Waals surface area (Å²) >= 11 is 0. The summed E-state index contributed by atoms with van der Waals surface area (Å²) in [6.45, 7) is 0.578. The van der Waals surface area contributed by atoms with Crippen molar-refractivity contribution in [3.8, 4) is 0 Å².